The van der Waals surface area contributed by atoms with E-state index in [1.165, 1.54) is 0 Å². The minimum atomic E-state index is -0.343. The van der Waals surface area contributed by atoms with Crippen LogP contribution in [0, 0.1) is 0 Å². The van der Waals surface area contributed by atoms with Crippen molar-refractivity contribution in [2.75, 3.05) is 19.6 Å². The summed E-state index contributed by atoms with van der Waals surface area (Å²) in [6.45, 7) is 1.55. The van der Waals surface area contributed by atoms with Crippen LogP contribution in [0.3, 0.4) is 0 Å². The Balaban J connectivity index is 2.19. The topological polar surface area (TPSA) is 95.1 Å². The highest BCUT2D eigenvalue weighted by Crippen LogP contribution is 2.09. The lowest BCUT2D eigenvalue weighted by Crippen LogP contribution is -2.52. The van der Waals surface area contributed by atoms with Crippen molar-refractivity contribution >= 4 is 5.91 Å². The van der Waals surface area contributed by atoms with Gasteiger partial charge in [-0.25, -0.2) is 0 Å². The maximum Gasteiger partial charge on any atom is 0.231 e. The minimum absolute atomic E-state index is 0.0272. The van der Waals surface area contributed by atoms with Gasteiger partial charge in [-0.3, -0.25) is 9.69 Å². The molecule has 60 valence electrons. The first-order chi connectivity index (χ1) is 5.22. The van der Waals surface area contributed by atoms with Crippen molar-refractivity contribution in [1.29, 1.82) is 0 Å². The number of amides is 1. The highest BCUT2D eigenvalue weighted by molar-refractivity contribution is 5.76. The maximum absolute atomic E-state index is 10.3. The highest BCUT2D eigenvalue weighted by Gasteiger charge is 2.25. The molecule has 1 aliphatic rings. The van der Waals surface area contributed by atoms with Crippen molar-refractivity contribution in [3.05, 3.63) is 10.4 Å². The second-order valence-electron chi connectivity index (χ2n) is 2.52. The normalized spacial score (nSPS) is 18.5. The van der Waals surface area contributed by atoms with Gasteiger partial charge in [0.05, 0.1) is 12.6 Å². The fourth-order valence-electron chi connectivity index (χ4n) is 1.04. The van der Waals surface area contributed by atoms with E-state index in [2.05, 4.69) is 10.0 Å². The fourth-order valence-corrected chi connectivity index (χ4v) is 1.04. The molecule has 6 heteroatoms. The smallest absolute Gasteiger partial charge is 0.231 e. The summed E-state index contributed by atoms with van der Waals surface area (Å²) in [5, 5.41) is 3.47. The van der Waals surface area contributed by atoms with Gasteiger partial charge < -0.3 is 5.73 Å². The van der Waals surface area contributed by atoms with Crippen LogP contribution < -0.4 is 5.73 Å². The quantitative estimate of drug-likeness (QED) is 0.336. The Kier molecular flexibility index (Phi) is 2.30. The summed E-state index contributed by atoms with van der Waals surface area (Å²) < 4.78 is 0. The van der Waals surface area contributed by atoms with E-state index in [-0.39, 0.29) is 18.5 Å². The molecule has 2 N–H and O–H groups in total. The fraction of sp³-hybridized carbons (Fsp3) is 0.800. The lowest BCUT2D eigenvalue weighted by Gasteiger charge is -2.35. The molecule has 0 aliphatic carbocycles. The molecular formula is C5H9N5O. The Morgan fingerprint density at radius 1 is 1.82 bits per heavy atom. The molecule has 0 aromatic carbocycles. The van der Waals surface area contributed by atoms with Crippen LogP contribution >= 0.6 is 0 Å². The Morgan fingerprint density at radius 2 is 2.45 bits per heavy atom. The lowest BCUT2D eigenvalue weighted by molar-refractivity contribution is -0.120. The van der Waals surface area contributed by atoms with E-state index in [9.17, 15) is 4.79 Å². The van der Waals surface area contributed by atoms with Crippen LogP contribution in [-0.2, 0) is 4.79 Å². The Labute approximate surface area is 63.6 Å². The monoisotopic (exact) mass is 155 g/mol. The van der Waals surface area contributed by atoms with Crippen LogP contribution in [0.15, 0.2) is 5.11 Å². The summed E-state index contributed by atoms with van der Waals surface area (Å²) in [5.41, 5.74) is 13.0. The molecule has 0 spiro atoms. The van der Waals surface area contributed by atoms with Crippen LogP contribution in [0.2, 0.25) is 0 Å². The van der Waals surface area contributed by atoms with Crippen LogP contribution in [0.1, 0.15) is 0 Å². The van der Waals surface area contributed by atoms with Crippen molar-refractivity contribution in [1.82, 2.24) is 4.90 Å². The molecule has 1 amide bonds. The zero-order valence-electron chi connectivity index (χ0n) is 5.97. The highest BCUT2D eigenvalue weighted by atomic mass is 16.1. The number of hydrogen-bond acceptors (Lipinski definition) is 3. The van der Waals surface area contributed by atoms with Gasteiger partial charge in [0.25, 0.3) is 0 Å². The van der Waals surface area contributed by atoms with Gasteiger partial charge in [0, 0.05) is 18.0 Å². The third-order valence-electron chi connectivity index (χ3n) is 1.53. The minimum Gasteiger partial charge on any atom is -0.369 e. The average molecular weight is 155 g/mol. The Morgan fingerprint density at radius 3 is 2.91 bits per heavy atom. The second kappa shape index (κ2) is 3.23. The molecule has 11 heavy (non-hydrogen) atoms. The standard InChI is InChI=1S/C5H9N5O/c6-5(11)3-10-1-4(2-10)8-9-7/h4H,1-3H2,(H2,6,11). The van der Waals surface area contributed by atoms with Crippen molar-refractivity contribution in [3.63, 3.8) is 0 Å². The first kappa shape index (κ1) is 7.84. The SMILES string of the molecule is [N-]=[N+]=NC1CN(CC(N)=O)C1. The Bertz CT molecular complexity index is 203. The lowest BCUT2D eigenvalue weighted by atomic mass is 10.1. The van der Waals surface area contributed by atoms with E-state index in [1.54, 1.807) is 0 Å². The van der Waals surface area contributed by atoms with E-state index in [0.717, 1.165) is 0 Å². The average Bonchev–Trinajstić information content (AvgIpc) is 1.82. The van der Waals surface area contributed by atoms with Crippen molar-refractivity contribution in [2.24, 2.45) is 10.8 Å². The van der Waals surface area contributed by atoms with Crippen molar-refractivity contribution in [3.8, 4) is 0 Å². The molecule has 0 aromatic rings. The molecule has 0 radical (unpaired) electrons. The summed E-state index contributed by atoms with van der Waals surface area (Å²) in [5.74, 6) is -0.343. The van der Waals surface area contributed by atoms with Gasteiger partial charge in [-0.15, -0.1) is 0 Å². The van der Waals surface area contributed by atoms with Crippen molar-refractivity contribution in [2.45, 2.75) is 6.04 Å². The van der Waals surface area contributed by atoms with E-state index < -0.39 is 0 Å². The van der Waals surface area contributed by atoms with Gasteiger partial charge in [0.2, 0.25) is 5.91 Å². The van der Waals surface area contributed by atoms with Gasteiger partial charge in [0.1, 0.15) is 0 Å². The Hall–Kier alpha value is -1.26. The van der Waals surface area contributed by atoms with E-state index in [0.29, 0.717) is 13.1 Å². The molecule has 1 aliphatic heterocycles. The zero-order chi connectivity index (χ0) is 8.27. The number of carbonyl (C=O) groups is 1. The molecule has 0 unspecified atom stereocenters. The second-order valence-corrected chi connectivity index (χ2v) is 2.52. The van der Waals surface area contributed by atoms with Gasteiger partial charge in [0.15, 0.2) is 0 Å². The summed E-state index contributed by atoms with van der Waals surface area (Å²) in [4.78, 5) is 14.8. The number of carbonyl (C=O) groups excluding carboxylic acids is 1. The summed E-state index contributed by atoms with van der Waals surface area (Å²) in [7, 11) is 0. The van der Waals surface area contributed by atoms with Crippen LogP contribution in [0.25, 0.3) is 10.4 Å². The zero-order valence-corrected chi connectivity index (χ0v) is 5.97. The summed E-state index contributed by atoms with van der Waals surface area (Å²) in [6, 6.07) is 0.0272. The van der Waals surface area contributed by atoms with E-state index in [4.69, 9.17) is 11.3 Å². The third-order valence-corrected chi connectivity index (χ3v) is 1.53. The summed E-state index contributed by atoms with van der Waals surface area (Å²) >= 11 is 0. The molecule has 0 aromatic heterocycles. The predicted octanol–water partition coefficient (Wildman–Crippen LogP) is -0.534. The largest absolute Gasteiger partial charge is 0.369 e. The number of hydrogen-bond donors (Lipinski definition) is 1. The van der Waals surface area contributed by atoms with E-state index in [1.807, 2.05) is 4.90 Å². The molecule has 1 saturated heterocycles. The predicted molar refractivity (Wildman–Crippen MR) is 38.6 cm³/mol. The first-order valence-corrected chi connectivity index (χ1v) is 3.27. The van der Waals surface area contributed by atoms with Crippen molar-refractivity contribution < 1.29 is 4.79 Å². The van der Waals surface area contributed by atoms with Crippen LogP contribution in [-0.4, -0.2) is 36.5 Å². The molecule has 6 nitrogen and oxygen atoms in total. The van der Waals surface area contributed by atoms with Gasteiger partial charge in [-0.2, -0.15) is 0 Å². The van der Waals surface area contributed by atoms with Gasteiger partial charge in [-0.1, -0.05) is 5.11 Å². The molecular weight excluding hydrogens is 146 g/mol. The van der Waals surface area contributed by atoms with E-state index >= 15 is 0 Å². The van der Waals surface area contributed by atoms with Crippen LogP contribution in [0.5, 0.6) is 0 Å². The molecule has 0 bridgehead atoms. The molecule has 0 saturated carbocycles. The number of azide groups is 1. The number of nitrogens with zero attached hydrogens (tertiary/aromatic N) is 4. The molecule has 1 heterocycles. The number of primary amides is 1. The molecule has 0 atom stereocenters. The third kappa shape index (κ3) is 2.10. The maximum atomic E-state index is 10.3. The van der Waals surface area contributed by atoms with Crippen LogP contribution in [0.4, 0.5) is 0 Å². The molecule has 1 rings (SSSR count). The summed E-state index contributed by atoms with van der Waals surface area (Å²) in [6.07, 6.45) is 0. The number of rotatable bonds is 3. The van der Waals surface area contributed by atoms with Gasteiger partial charge >= 0.3 is 0 Å². The van der Waals surface area contributed by atoms with Gasteiger partial charge in [-0.05, 0) is 5.53 Å². The number of likely N-dealkylation sites (tertiary alicyclic amines) is 1. The first-order valence-electron chi connectivity index (χ1n) is 3.27. The number of nitrogens with two attached hydrogens (primary N) is 1. The molecule has 1 fully saturated rings.